The molecule has 0 atom stereocenters. The van der Waals surface area contributed by atoms with Gasteiger partial charge < -0.3 is 10.1 Å². The number of pyridine rings is 1. The minimum absolute atomic E-state index is 0.185. The molecule has 1 amide bonds. The number of para-hydroxylation sites is 1. The minimum atomic E-state index is -0.185. The molecule has 2 N–H and O–H groups in total. The Kier molecular flexibility index (Phi) is 3.66. The van der Waals surface area contributed by atoms with Crippen LogP contribution >= 0.6 is 0 Å². The van der Waals surface area contributed by atoms with Gasteiger partial charge in [-0.2, -0.15) is 5.10 Å². The third kappa shape index (κ3) is 2.71. The zero-order chi connectivity index (χ0) is 16.4. The van der Waals surface area contributed by atoms with Crippen molar-refractivity contribution in [1.82, 2.24) is 25.5 Å². The number of hydrogen-bond donors (Lipinski definition) is 2. The first-order valence-corrected chi connectivity index (χ1v) is 7.66. The first-order valence-electron chi connectivity index (χ1n) is 7.66. The number of ether oxygens (including phenoxy) is 1. The number of aromatic amines is 1. The Hall–Kier alpha value is -3.22. The Morgan fingerprint density at radius 2 is 2.12 bits per heavy atom. The van der Waals surface area contributed by atoms with Gasteiger partial charge in [-0.1, -0.05) is 12.1 Å². The molecule has 4 rings (SSSR count). The summed E-state index contributed by atoms with van der Waals surface area (Å²) in [6.07, 6.45) is 4.21. The average molecular weight is 321 g/mol. The molecule has 0 aliphatic carbocycles. The molecule has 7 nitrogen and oxygen atoms in total. The Morgan fingerprint density at radius 3 is 3.00 bits per heavy atom. The summed E-state index contributed by atoms with van der Waals surface area (Å²) in [5.74, 6) is 1.66. The maximum absolute atomic E-state index is 12.4. The van der Waals surface area contributed by atoms with Gasteiger partial charge >= 0.3 is 0 Å². The van der Waals surface area contributed by atoms with Gasteiger partial charge in [-0.05, 0) is 23.8 Å². The third-order valence-corrected chi connectivity index (χ3v) is 3.85. The van der Waals surface area contributed by atoms with Crippen LogP contribution in [0.25, 0.3) is 11.4 Å². The van der Waals surface area contributed by atoms with E-state index in [1.807, 2.05) is 24.3 Å². The fourth-order valence-electron chi connectivity index (χ4n) is 2.66. The summed E-state index contributed by atoms with van der Waals surface area (Å²) in [5, 5.41) is 9.84. The maximum atomic E-state index is 12.4. The molecule has 0 radical (unpaired) electrons. The number of nitrogens with zero attached hydrogens (tertiary/aromatic N) is 3. The van der Waals surface area contributed by atoms with E-state index in [-0.39, 0.29) is 12.5 Å². The molecule has 0 bridgehead atoms. The van der Waals surface area contributed by atoms with Crippen molar-refractivity contribution in [2.45, 2.75) is 13.0 Å². The van der Waals surface area contributed by atoms with Crippen LogP contribution < -0.4 is 10.1 Å². The van der Waals surface area contributed by atoms with Crippen LogP contribution in [-0.2, 0) is 13.0 Å². The monoisotopic (exact) mass is 321 g/mol. The number of fused-ring (bicyclic) bond motifs is 1. The second kappa shape index (κ2) is 6.11. The maximum Gasteiger partial charge on any atom is 0.255 e. The lowest BCUT2D eigenvalue weighted by atomic mass is 10.1. The van der Waals surface area contributed by atoms with Crippen LogP contribution in [0.1, 0.15) is 21.7 Å². The molecule has 3 aromatic rings. The summed E-state index contributed by atoms with van der Waals surface area (Å²) in [6.45, 7) is 0.887. The quantitative estimate of drug-likeness (QED) is 0.763. The topological polar surface area (TPSA) is 92.8 Å². The predicted octanol–water partition coefficient (Wildman–Crippen LogP) is 1.73. The van der Waals surface area contributed by atoms with Crippen molar-refractivity contribution in [1.29, 1.82) is 0 Å². The summed E-state index contributed by atoms with van der Waals surface area (Å²) in [7, 11) is 0. The van der Waals surface area contributed by atoms with Crippen molar-refractivity contribution in [3.8, 4) is 17.1 Å². The summed E-state index contributed by atoms with van der Waals surface area (Å²) < 4.78 is 5.56. The van der Waals surface area contributed by atoms with Crippen molar-refractivity contribution in [3.63, 3.8) is 0 Å². The smallest absolute Gasteiger partial charge is 0.255 e. The van der Waals surface area contributed by atoms with Gasteiger partial charge in [0.1, 0.15) is 11.6 Å². The molecular weight excluding hydrogens is 306 g/mol. The molecule has 120 valence electrons. The van der Waals surface area contributed by atoms with Gasteiger partial charge in [0, 0.05) is 24.4 Å². The molecule has 0 saturated heterocycles. The zero-order valence-corrected chi connectivity index (χ0v) is 12.8. The van der Waals surface area contributed by atoms with Gasteiger partial charge in [0.15, 0.2) is 5.82 Å². The molecule has 1 aromatic carbocycles. The summed E-state index contributed by atoms with van der Waals surface area (Å²) >= 11 is 0. The van der Waals surface area contributed by atoms with Gasteiger partial charge in [0.2, 0.25) is 0 Å². The molecule has 3 heterocycles. The molecule has 0 spiro atoms. The van der Waals surface area contributed by atoms with Crippen molar-refractivity contribution < 1.29 is 9.53 Å². The summed E-state index contributed by atoms with van der Waals surface area (Å²) in [4.78, 5) is 20.7. The number of rotatable bonds is 4. The van der Waals surface area contributed by atoms with E-state index in [2.05, 4.69) is 25.5 Å². The first-order chi connectivity index (χ1) is 11.8. The normalized spacial score (nSPS) is 12.5. The number of amides is 1. The van der Waals surface area contributed by atoms with Crippen molar-refractivity contribution in [3.05, 3.63) is 59.7 Å². The largest absolute Gasteiger partial charge is 0.492 e. The molecule has 7 heteroatoms. The Bertz CT molecular complexity index is 876. The van der Waals surface area contributed by atoms with Crippen LogP contribution in [0.4, 0.5) is 0 Å². The van der Waals surface area contributed by atoms with Gasteiger partial charge in [-0.15, -0.1) is 0 Å². The second-order valence-electron chi connectivity index (χ2n) is 5.42. The van der Waals surface area contributed by atoms with E-state index >= 15 is 0 Å². The SMILES string of the molecule is O=C(NCc1nc(-c2ccncc2)n[nH]1)c1cccc2c1OCC2. The Labute approximate surface area is 138 Å². The van der Waals surface area contributed by atoms with Gasteiger partial charge in [0.25, 0.3) is 5.91 Å². The molecule has 2 aromatic heterocycles. The van der Waals surface area contributed by atoms with Gasteiger partial charge in [-0.3, -0.25) is 14.9 Å². The number of aromatic nitrogens is 4. The highest BCUT2D eigenvalue weighted by Crippen LogP contribution is 2.29. The number of benzene rings is 1. The summed E-state index contributed by atoms with van der Waals surface area (Å²) in [5.41, 5.74) is 2.49. The summed E-state index contributed by atoms with van der Waals surface area (Å²) in [6, 6.07) is 9.28. The van der Waals surface area contributed by atoms with Crippen molar-refractivity contribution in [2.75, 3.05) is 6.61 Å². The average Bonchev–Trinajstić information content (AvgIpc) is 3.29. The molecule has 0 unspecified atom stereocenters. The van der Waals surface area contributed by atoms with Crippen LogP contribution in [0, 0.1) is 0 Å². The van der Waals surface area contributed by atoms with Gasteiger partial charge in [-0.25, -0.2) is 4.98 Å². The lowest BCUT2D eigenvalue weighted by Gasteiger charge is -2.07. The number of carbonyl (C=O) groups excluding carboxylic acids is 1. The first kappa shape index (κ1) is 14.4. The Balaban J connectivity index is 1.45. The molecule has 0 fully saturated rings. The predicted molar refractivity (Wildman–Crippen MR) is 86.4 cm³/mol. The van der Waals surface area contributed by atoms with E-state index in [1.54, 1.807) is 18.5 Å². The van der Waals surface area contributed by atoms with Crippen molar-refractivity contribution in [2.24, 2.45) is 0 Å². The second-order valence-corrected chi connectivity index (χ2v) is 5.42. The molecule has 0 saturated carbocycles. The zero-order valence-electron chi connectivity index (χ0n) is 12.8. The fourth-order valence-corrected chi connectivity index (χ4v) is 2.66. The lowest BCUT2D eigenvalue weighted by Crippen LogP contribution is -2.23. The van der Waals surface area contributed by atoms with Crippen LogP contribution in [0.15, 0.2) is 42.7 Å². The van der Waals surface area contributed by atoms with Crippen molar-refractivity contribution >= 4 is 5.91 Å². The highest BCUT2D eigenvalue weighted by Gasteiger charge is 2.20. The Morgan fingerprint density at radius 1 is 1.25 bits per heavy atom. The van der Waals surface area contributed by atoms with E-state index in [4.69, 9.17) is 4.74 Å². The highest BCUT2D eigenvalue weighted by atomic mass is 16.5. The standard InChI is InChI=1S/C17H15N5O2/c23-17(13-3-1-2-11-6-9-24-15(11)13)19-10-14-20-16(22-21-14)12-4-7-18-8-5-12/h1-5,7-8H,6,9-10H2,(H,19,23)(H,20,21,22). The molecule has 1 aliphatic heterocycles. The van der Waals surface area contributed by atoms with Gasteiger partial charge in [0.05, 0.1) is 18.7 Å². The van der Waals surface area contributed by atoms with Crippen LogP contribution in [0.5, 0.6) is 5.75 Å². The number of nitrogens with one attached hydrogen (secondary N) is 2. The minimum Gasteiger partial charge on any atom is -0.492 e. The van der Waals surface area contributed by atoms with E-state index in [0.29, 0.717) is 29.6 Å². The van der Waals surface area contributed by atoms with Crippen LogP contribution in [0.3, 0.4) is 0 Å². The lowest BCUT2D eigenvalue weighted by molar-refractivity contribution is 0.0946. The van der Waals surface area contributed by atoms with E-state index < -0.39 is 0 Å². The fraction of sp³-hybridized carbons (Fsp3) is 0.176. The number of carbonyl (C=O) groups is 1. The highest BCUT2D eigenvalue weighted by molar-refractivity contribution is 5.97. The number of hydrogen-bond acceptors (Lipinski definition) is 5. The van der Waals surface area contributed by atoms with Crippen LogP contribution in [0.2, 0.25) is 0 Å². The van der Waals surface area contributed by atoms with Crippen LogP contribution in [-0.4, -0.2) is 32.7 Å². The molecule has 1 aliphatic rings. The molecule has 24 heavy (non-hydrogen) atoms. The third-order valence-electron chi connectivity index (χ3n) is 3.85. The van der Waals surface area contributed by atoms with E-state index in [9.17, 15) is 4.79 Å². The molecular formula is C17H15N5O2. The number of H-pyrrole nitrogens is 1. The van der Waals surface area contributed by atoms with E-state index in [1.165, 1.54) is 0 Å². The van der Waals surface area contributed by atoms with E-state index in [0.717, 1.165) is 17.5 Å².